The first-order chi connectivity index (χ1) is 10.7. The molecule has 0 saturated heterocycles. The number of rotatable bonds is 7. The van der Waals surface area contributed by atoms with Gasteiger partial charge in [0.05, 0.1) is 6.61 Å². The van der Waals surface area contributed by atoms with Gasteiger partial charge in [0, 0.05) is 12.0 Å². The van der Waals surface area contributed by atoms with E-state index < -0.39 is 0 Å². The predicted octanol–water partition coefficient (Wildman–Crippen LogP) is 3.57. The molecular weight excluding hydrogens is 282 g/mol. The zero-order valence-electron chi connectivity index (χ0n) is 13.2. The van der Waals surface area contributed by atoms with Crippen LogP contribution in [0.5, 0.6) is 5.75 Å². The van der Waals surface area contributed by atoms with Crippen molar-refractivity contribution in [1.82, 2.24) is 10.3 Å². The molecule has 0 fully saturated rings. The van der Waals surface area contributed by atoms with Gasteiger partial charge in [-0.15, -0.1) is 0 Å². The van der Waals surface area contributed by atoms with E-state index in [1.165, 1.54) is 0 Å². The number of benzene rings is 1. The second-order valence-electron chi connectivity index (χ2n) is 5.03. The van der Waals surface area contributed by atoms with Crippen LogP contribution in [-0.4, -0.2) is 22.8 Å². The van der Waals surface area contributed by atoms with E-state index in [9.17, 15) is 4.79 Å². The number of nitrogens with one attached hydrogen (secondary N) is 1. The molecule has 1 N–H and O–H groups in total. The van der Waals surface area contributed by atoms with Crippen LogP contribution in [0.25, 0.3) is 11.3 Å². The van der Waals surface area contributed by atoms with Crippen LogP contribution in [0.1, 0.15) is 38.7 Å². The Balaban J connectivity index is 2.18. The summed E-state index contributed by atoms with van der Waals surface area (Å²) in [6.07, 6.45) is 2.27. The summed E-state index contributed by atoms with van der Waals surface area (Å²) in [5.74, 6) is 1.10. The van der Waals surface area contributed by atoms with Gasteiger partial charge in [0.1, 0.15) is 5.75 Å². The number of aryl methyl sites for hydroxylation is 1. The smallest absolute Gasteiger partial charge is 0.225 e. The van der Waals surface area contributed by atoms with Crippen molar-refractivity contribution in [1.29, 1.82) is 0 Å². The number of aromatic nitrogens is 2. The van der Waals surface area contributed by atoms with E-state index in [2.05, 4.69) is 15.6 Å². The number of nitrogens with zero attached hydrogens (tertiary/aromatic N) is 2. The van der Waals surface area contributed by atoms with Gasteiger partial charge in [-0.05, 0) is 54.3 Å². The molecule has 1 aromatic carbocycles. The standard InChI is InChI=1S/C16H21N3O3/c1-4-6-7-14(20)17-16-15(18-22-19-16)12-8-9-13(21-5-2)11(3)10-12/h8-10H,4-7H2,1-3H3,(H,17,19,20). The summed E-state index contributed by atoms with van der Waals surface area (Å²) in [6.45, 7) is 6.56. The highest BCUT2D eigenvalue weighted by Crippen LogP contribution is 2.29. The van der Waals surface area contributed by atoms with Crippen LogP contribution in [0, 0.1) is 6.92 Å². The van der Waals surface area contributed by atoms with Crippen molar-refractivity contribution < 1.29 is 14.2 Å². The second-order valence-corrected chi connectivity index (χ2v) is 5.03. The Morgan fingerprint density at radius 1 is 1.32 bits per heavy atom. The van der Waals surface area contributed by atoms with E-state index in [0.29, 0.717) is 24.5 Å². The van der Waals surface area contributed by atoms with Crippen molar-refractivity contribution >= 4 is 11.7 Å². The Hall–Kier alpha value is -2.37. The van der Waals surface area contributed by atoms with Crippen molar-refractivity contribution in [2.75, 3.05) is 11.9 Å². The summed E-state index contributed by atoms with van der Waals surface area (Å²) in [6, 6.07) is 5.69. The SMILES string of the molecule is CCCCC(=O)Nc1nonc1-c1ccc(OCC)c(C)c1. The summed E-state index contributed by atoms with van der Waals surface area (Å²) >= 11 is 0. The lowest BCUT2D eigenvalue weighted by atomic mass is 10.1. The molecule has 0 unspecified atom stereocenters. The van der Waals surface area contributed by atoms with Crippen LogP contribution in [-0.2, 0) is 4.79 Å². The molecular formula is C16H21N3O3. The second kappa shape index (κ2) is 7.59. The van der Waals surface area contributed by atoms with Crippen molar-refractivity contribution in [3.8, 4) is 17.0 Å². The fraction of sp³-hybridized carbons (Fsp3) is 0.438. The van der Waals surface area contributed by atoms with Crippen LogP contribution in [0.3, 0.4) is 0 Å². The maximum absolute atomic E-state index is 11.8. The first kappa shape index (κ1) is 16.0. The van der Waals surface area contributed by atoms with Crippen LogP contribution >= 0.6 is 0 Å². The number of amides is 1. The first-order valence-electron chi connectivity index (χ1n) is 7.52. The lowest BCUT2D eigenvalue weighted by molar-refractivity contribution is -0.116. The van der Waals surface area contributed by atoms with Gasteiger partial charge >= 0.3 is 0 Å². The number of unbranched alkanes of at least 4 members (excludes halogenated alkanes) is 1. The fourth-order valence-corrected chi connectivity index (χ4v) is 2.11. The summed E-state index contributed by atoms with van der Waals surface area (Å²) in [5.41, 5.74) is 2.34. The molecule has 118 valence electrons. The molecule has 0 radical (unpaired) electrons. The third-order valence-corrected chi connectivity index (χ3v) is 3.25. The Kier molecular flexibility index (Phi) is 5.52. The van der Waals surface area contributed by atoms with Crippen molar-refractivity contribution in [2.45, 2.75) is 40.0 Å². The topological polar surface area (TPSA) is 77.3 Å². The predicted molar refractivity (Wildman–Crippen MR) is 83.8 cm³/mol. The highest BCUT2D eigenvalue weighted by molar-refractivity contribution is 5.93. The highest BCUT2D eigenvalue weighted by atomic mass is 16.6. The number of hydrogen-bond acceptors (Lipinski definition) is 5. The zero-order chi connectivity index (χ0) is 15.9. The number of carbonyl (C=O) groups is 1. The average Bonchev–Trinajstić information content (AvgIpc) is 2.95. The zero-order valence-corrected chi connectivity index (χ0v) is 13.2. The Labute approximate surface area is 129 Å². The van der Waals surface area contributed by atoms with Gasteiger partial charge in [-0.2, -0.15) is 0 Å². The van der Waals surface area contributed by atoms with Crippen molar-refractivity contribution in [3.05, 3.63) is 23.8 Å². The van der Waals surface area contributed by atoms with Gasteiger partial charge in [0.15, 0.2) is 5.69 Å². The number of hydrogen-bond donors (Lipinski definition) is 1. The van der Waals surface area contributed by atoms with Crippen molar-refractivity contribution in [3.63, 3.8) is 0 Å². The molecule has 0 atom stereocenters. The summed E-state index contributed by atoms with van der Waals surface area (Å²) in [4.78, 5) is 11.8. The Morgan fingerprint density at radius 3 is 2.82 bits per heavy atom. The molecule has 0 spiro atoms. The van der Waals surface area contributed by atoms with Gasteiger partial charge < -0.3 is 10.1 Å². The fourth-order valence-electron chi connectivity index (χ4n) is 2.11. The summed E-state index contributed by atoms with van der Waals surface area (Å²) in [5, 5.41) is 10.4. The van der Waals surface area contributed by atoms with E-state index in [1.54, 1.807) is 0 Å². The van der Waals surface area contributed by atoms with Crippen LogP contribution in [0.4, 0.5) is 5.82 Å². The molecule has 22 heavy (non-hydrogen) atoms. The minimum absolute atomic E-state index is 0.0820. The molecule has 0 saturated carbocycles. The quantitative estimate of drug-likeness (QED) is 0.846. The summed E-state index contributed by atoms with van der Waals surface area (Å²) in [7, 11) is 0. The Morgan fingerprint density at radius 2 is 2.14 bits per heavy atom. The average molecular weight is 303 g/mol. The molecule has 2 aromatic rings. The third-order valence-electron chi connectivity index (χ3n) is 3.25. The van der Waals surface area contributed by atoms with Crippen molar-refractivity contribution in [2.24, 2.45) is 0 Å². The molecule has 0 aliphatic heterocycles. The molecule has 6 heteroatoms. The van der Waals surface area contributed by atoms with Gasteiger partial charge in [0.25, 0.3) is 0 Å². The molecule has 0 aliphatic carbocycles. The van der Waals surface area contributed by atoms with E-state index in [-0.39, 0.29) is 5.91 Å². The molecule has 0 aliphatic rings. The van der Waals surface area contributed by atoms with Gasteiger partial charge in [-0.25, -0.2) is 4.63 Å². The van der Waals surface area contributed by atoms with Crippen LogP contribution < -0.4 is 10.1 Å². The van der Waals surface area contributed by atoms with Gasteiger partial charge in [0.2, 0.25) is 11.7 Å². The maximum Gasteiger partial charge on any atom is 0.225 e. The Bertz CT molecular complexity index is 637. The molecule has 6 nitrogen and oxygen atoms in total. The van der Waals surface area contributed by atoms with Crippen LogP contribution in [0.15, 0.2) is 22.8 Å². The molecule has 0 bridgehead atoms. The first-order valence-corrected chi connectivity index (χ1v) is 7.52. The van der Waals surface area contributed by atoms with Crippen LogP contribution in [0.2, 0.25) is 0 Å². The van der Waals surface area contributed by atoms with Gasteiger partial charge in [-0.1, -0.05) is 13.3 Å². The van der Waals surface area contributed by atoms with Gasteiger partial charge in [-0.3, -0.25) is 4.79 Å². The monoisotopic (exact) mass is 303 g/mol. The van der Waals surface area contributed by atoms with E-state index in [4.69, 9.17) is 9.37 Å². The van der Waals surface area contributed by atoms with E-state index in [0.717, 1.165) is 29.7 Å². The minimum Gasteiger partial charge on any atom is -0.494 e. The number of anilines is 1. The third kappa shape index (κ3) is 3.84. The van der Waals surface area contributed by atoms with E-state index >= 15 is 0 Å². The number of ether oxygens (including phenoxy) is 1. The maximum atomic E-state index is 11.8. The minimum atomic E-state index is -0.0820. The highest BCUT2D eigenvalue weighted by Gasteiger charge is 2.15. The molecule has 1 aromatic heterocycles. The lowest BCUT2D eigenvalue weighted by Crippen LogP contribution is -2.12. The molecule has 1 heterocycles. The largest absolute Gasteiger partial charge is 0.494 e. The molecule has 1 amide bonds. The normalized spacial score (nSPS) is 10.5. The molecule has 2 rings (SSSR count). The summed E-state index contributed by atoms with van der Waals surface area (Å²) < 4.78 is 10.3. The lowest BCUT2D eigenvalue weighted by Gasteiger charge is -2.08. The van der Waals surface area contributed by atoms with E-state index in [1.807, 2.05) is 39.0 Å². The number of carbonyl (C=O) groups excluding carboxylic acids is 1.